The van der Waals surface area contributed by atoms with Gasteiger partial charge in [-0.05, 0) is 34.8 Å². The Balaban J connectivity index is 2.24. The smallest absolute Gasteiger partial charge is 0.253 e. The van der Waals surface area contributed by atoms with E-state index in [1.165, 1.54) is 6.20 Å². The average Bonchev–Trinajstić information content (AvgIpc) is 2.73. The summed E-state index contributed by atoms with van der Waals surface area (Å²) in [4.78, 5) is 16.4. The van der Waals surface area contributed by atoms with Gasteiger partial charge in [-0.1, -0.05) is 30.8 Å². The van der Waals surface area contributed by atoms with Crippen molar-refractivity contribution in [1.82, 2.24) is 10.3 Å². The first kappa shape index (κ1) is 15.8. The Morgan fingerprint density at radius 2 is 2.00 bits per heavy atom. The largest absolute Gasteiger partial charge is 0.409 e. The van der Waals surface area contributed by atoms with Crippen molar-refractivity contribution < 1.29 is 10.0 Å². The van der Waals surface area contributed by atoms with E-state index in [4.69, 9.17) is 10.9 Å². The number of aromatic nitrogens is 1. The van der Waals surface area contributed by atoms with E-state index < -0.39 is 5.54 Å². The van der Waals surface area contributed by atoms with E-state index in [1.807, 2.05) is 0 Å². The fraction of sp³-hybridized carbons (Fsp3) is 0.500. The number of oxime groups is 1. The minimum Gasteiger partial charge on any atom is -0.409 e. The maximum atomic E-state index is 12.4. The first-order valence-electron chi connectivity index (χ1n) is 6.98. The van der Waals surface area contributed by atoms with Crippen LogP contribution in [0.1, 0.15) is 48.9 Å². The third kappa shape index (κ3) is 3.72. The molecule has 0 saturated heterocycles. The molecule has 0 aliphatic heterocycles. The molecule has 1 aromatic rings. The molecule has 2 rings (SSSR count). The maximum Gasteiger partial charge on any atom is 0.253 e. The summed E-state index contributed by atoms with van der Waals surface area (Å²) in [6.07, 6.45) is 8.52. The molecular weight excluding hydrogens is 336 g/mol. The topological polar surface area (TPSA) is 101 Å². The summed E-state index contributed by atoms with van der Waals surface area (Å²) in [6.45, 7) is 0. The third-order valence-corrected chi connectivity index (χ3v) is 4.31. The van der Waals surface area contributed by atoms with Crippen molar-refractivity contribution in [2.45, 2.75) is 44.1 Å². The molecule has 4 N–H and O–H groups in total. The normalized spacial score (nSPS) is 18.8. The van der Waals surface area contributed by atoms with Gasteiger partial charge in [0.15, 0.2) is 5.84 Å². The fourth-order valence-electron chi connectivity index (χ4n) is 2.70. The van der Waals surface area contributed by atoms with Gasteiger partial charge >= 0.3 is 0 Å². The Morgan fingerprint density at radius 1 is 1.33 bits per heavy atom. The van der Waals surface area contributed by atoms with Crippen LogP contribution in [0, 0.1) is 0 Å². The molecule has 0 atom stereocenters. The number of amides is 1. The van der Waals surface area contributed by atoms with E-state index in [0.717, 1.165) is 30.2 Å². The molecule has 6 nitrogen and oxygen atoms in total. The number of rotatable bonds is 3. The number of hydrogen-bond donors (Lipinski definition) is 3. The second kappa shape index (κ2) is 6.89. The van der Waals surface area contributed by atoms with Gasteiger partial charge in [0.25, 0.3) is 5.91 Å². The van der Waals surface area contributed by atoms with Crippen LogP contribution in [0.3, 0.4) is 0 Å². The van der Waals surface area contributed by atoms with Crippen LogP contribution in [0.4, 0.5) is 0 Å². The molecule has 0 spiro atoms. The Morgan fingerprint density at radius 3 is 2.57 bits per heavy atom. The van der Waals surface area contributed by atoms with Crippen molar-refractivity contribution in [3.8, 4) is 0 Å². The molecule has 114 valence electrons. The fourth-order valence-corrected chi connectivity index (χ4v) is 3.06. The second-order valence-corrected chi connectivity index (χ2v) is 6.24. The highest BCUT2D eigenvalue weighted by molar-refractivity contribution is 9.10. The highest BCUT2D eigenvalue weighted by Gasteiger charge is 2.37. The number of pyridine rings is 1. The van der Waals surface area contributed by atoms with Gasteiger partial charge in [0.05, 0.1) is 5.56 Å². The van der Waals surface area contributed by atoms with Crippen LogP contribution in [0.15, 0.2) is 28.1 Å². The zero-order valence-electron chi connectivity index (χ0n) is 11.7. The van der Waals surface area contributed by atoms with Gasteiger partial charge < -0.3 is 16.3 Å². The molecule has 0 bridgehead atoms. The summed E-state index contributed by atoms with van der Waals surface area (Å²) in [5, 5.41) is 15.2. The molecule has 1 fully saturated rings. The monoisotopic (exact) mass is 354 g/mol. The van der Waals surface area contributed by atoms with Crippen molar-refractivity contribution in [2.24, 2.45) is 10.9 Å². The zero-order valence-corrected chi connectivity index (χ0v) is 13.3. The number of nitrogens with one attached hydrogen (secondary N) is 1. The van der Waals surface area contributed by atoms with E-state index in [1.54, 1.807) is 12.3 Å². The molecule has 1 aliphatic rings. The molecule has 0 radical (unpaired) electrons. The van der Waals surface area contributed by atoms with E-state index in [-0.39, 0.29) is 11.7 Å². The van der Waals surface area contributed by atoms with E-state index in [0.29, 0.717) is 18.4 Å². The summed E-state index contributed by atoms with van der Waals surface area (Å²) >= 11 is 3.29. The Kier molecular flexibility index (Phi) is 5.17. The van der Waals surface area contributed by atoms with Crippen molar-refractivity contribution in [1.29, 1.82) is 0 Å². The lowest BCUT2D eigenvalue weighted by Crippen LogP contribution is -2.57. The van der Waals surface area contributed by atoms with Crippen LogP contribution in [-0.4, -0.2) is 27.5 Å². The third-order valence-electron chi connectivity index (χ3n) is 3.88. The number of hydrogen-bond acceptors (Lipinski definition) is 4. The van der Waals surface area contributed by atoms with E-state index >= 15 is 0 Å². The summed E-state index contributed by atoms with van der Waals surface area (Å²) in [5.41, 5.74) is 5.54. The Labute approximate surface area is 131 Å². The second-order valence-electron chi connectivity index (χ2n) is 5.33. The number of nitrogens with two attached hydrogens (primary N) is 1. The van der Waals surface area contributed by atoms with Gasteiger partial charge in [-0.25, -0.2) is 0 Å². The van der Waals surface area contributed by atoms with Gasteiger partial charge in [0.2, 0.25) is 0 Å². The quantitative estimate of drug-likeness (QED) is 0.255. The number of nitrogens with zero attached hydrogens (tertiary/aromatic N) is 2. The van der Waals surface area contributed by atoms with Crippen molar-refractivity contribution in [3.63, 3.8) is 0 Å². The van der Waals surface area contributed by atoms with E-state index in [9.17, 15) is 4.79 Å². The van der Waals surface area contributed by atoms with Crippen molar-refractivity contribution in [2.75, 3.05) is 0 Å². The molecule has 0 unspecified atom stereocenters. The Hall–Kier alpha value is -1.63. The predicted octanol–water partition coefficient (Wildman–Crippen LogP) is 2.41. The molecular formula is C14H19BrN4O2. The number of carbonyl (C=O) groups is 1. The lowest BCUT2D eigenvalue weighted by Gasteiger charge is -2.32. The molecule has 21 heavy (non-hydrogen) atoms. The summed E-state index contributed by atoms with van der Waals surface area (Å²) in [5.74, 6) is -0.196. The number of carbonyl (C=O) groups excluding carboxylic acids is 1. The average molecular weight is 355 g/mol. The summed E-state index contributed by atoms with van der Waals surface area (Å²) < 4.78 is 0.730. The predicted molar refractivity (Wildman–Crippen MR) is 83.2 cm³/mol. The molecule has 1 amide bonds. The SMILES string of the molecule is N/C(=N/O)C1(NC(=O)c2cncc(Br)c2)CCCCCC1. The maximum absolute atomic E-state index is 12.4. The van der Waals surface area contributed by atoms with Crippen LogP contribution < -0.4 is 11.1 Å². The highest BCUT2D eigenvalue weighted by Crippen LogP contribution is 2.28. The number of halogens is 1. The molecule has 1 heterocycles. The van der Waals surface area contributed by atoms with Crippen LogP contribution in [0.25, 0.3) is 0 Å². The molecule has 0 aromatic carbocycles. The molecule has 1 aromatic heterocycles. The summed E-state index contributed by atoms with van der Waals surface area (Å²) in [6, 6.07) is 1.69. The van der Waals surface area contributed by atoms with Gasteiger partial charge in [-0.15, -0.1) is 0 Å². The molecule has 1 saturated carbocycles. The Bertz CT molecular complexity index is 540. The lowest BCUT2D eigenvalue weighted by atomic mass is 9.88. The molecule has 1 aliphatic carbocycles. The van der Waals surface area contributed by atoms with Crippen LogP contribution in [0.2, 0.25) is 0 Å². The van der Waals surface area contributed by atoms with Gasteiger partial charge in [0.1, 0.15) is 5.54 Å². The minimum atomic E-state index is -0.773. The van der Waals surface area contributed by atoms with Crippen LogP contribution in [-0.2, 0) is 0 Å². The summed E-state index contributed by atoms with van der Waals surface area (Å²) in [7, 11) is 0. The van der Waals surface area contributed by atoms with Crippen molar-refractivity contribution >= 4 is 27.7 Å². The van der Waals surface area contributed by atoms with Gasteiger partial charge in [-0.3, -0.25) is 9.78 Å². The first-order chi connectivity index (χ1) is 10.1. The van der Waals surface area contributed by atoms with E-state index in [2.05, 4.69) is 31.4 Å². The van der Waals surface area contributed by atoms with Gasteiger partial charge in [-0.2, -0.15) is 0 Å². The van der Waals surface area contributed by atoms with Crippen molar-refractivity contribution in [3.05, 3.63) is 28.5 Å². The standard InChI is InChI=1S/C14H19BrN4O2/c15-11-7-10(8-17-9-11)12(20)18-14(13(16)19-21)5-3-1-2-4-6-14/h7-9,21H,1-6H2,(H2,16,19)(H,18,20). The minimum absolute atomic E-state index is 0.0701. The van der Waals surface area contributed by atoms with Crippen LogP contribution in [0.5, 0.6) is 0 Å². The highest BCUT2D eigenvalue weighted by atomic mass is 79.9. The zero-order chi connectivity index (χ0) is 15.3. The number of amidine groups is 1. The van der Waals surface area contributed by atoms with Gasteiger partial charge in [0, 0.05) is 16.9 Å². The molecule has 7 heteroatoms. The first-order valence-corrected chi connectivity index (χ1v) is 7.78. The lowest BCUT2D eigenvalue weighted by molar-refractivity contribution is 0.0915. The van der Waals surface area contributed by atoms with Crippen LogP contribution >= 0.6 is 15.9 Å².